The van der Waals surface area contributed by atoms with E-state index in [4.69, 9.17) is 23.2 Å². The van der Waals surface area contributed by atoms with Crippen LogP contribution in [-0.2, 0) is 39.1 Å². The Morgan fingerprint density at radius 1 is 1.13 bits per heavy atom. The Bertz CT molecular complexity index is 1450. The van der Waals surface area contributed by atoms with E-state index in [1.807, 2.05) is 0 Å². The minimum atomic E-state index is -4.83. The van der Waals surface area contributed by atoms with Crippen LogP contribution in [0.15, 0.2) is 35.2 Å². The number of likely N-dealkylation sites (tertiary alicyclic amines) is 1. The van der Waals surface area contributed by atoms with E-state index in [0.717, 1.165) is 12.3 Å². The highest BCUT2D eigenvalue weighted by molar-refractivity contribution is 7.91. The van der Waals surface area contributed by atoms with Crippen molar-refractivity contribution in [3.05, 3.63) is 62.6 Å². The molecule has 2 aromatic carbocycles. The number of nitrogens with one attached hydrogen (secondary N) is 2. The fraction of sp³-hybridized carbons (Fsp3) is 0.458. The van der Waals surface area contributed by atoms with Gasteiger partial charge in [-0.1, -0.05) is 30.1 Å². The van der Waals surface area contributed by atoms with Crippen molar-refractivity contribution in [3.63, 3.8) is 0 Å². The van der Waals surface area contributed by atoms with Gasteiger partial charge in [0.05, 0.1) is 22.5 Å². The second kappa shape index (κ2) is 12.3. The predicted octanol–water partition coefficient (Wildman–Crippen LogP) is 4.25. The maximum absolute atomic E-state index is 14.1. The predicted molar refractivity (Wildman–Crippen MR) is 143 cm³/mol. The molecule has 0 bridgehead atoms. The highest BCUT2D eigenvalue weighted by atomic mass is 35.5. The molecule has 216 valence electrons. The van der Waals surface area contributed by atoms with Crippen LogP contribution in [0.5, 0.6) is 0 Å². The van der Waals surface area contributed by atoms with Crippen LogP contribution in [0.4, 0.5) is 13.2 Å². The van der Waals surface area contributed by atoms with Crippen LogP contribution in [0.1, 0.15) is 46.8 Å². The van der Waals surface area contributed by atoms with Gasteiger partial charge >= 0.3 is 6.18 Å². The third-order valence-corrected chi connectivity index (χ3v) is 9.37. The zero-order valence-corrected chi connectivity index (χ0v) is 24.3. The monoisotopic (exact) mass is 629 g/mol. The molecule has 1 saturated heterocycles. The van der Waals surface area contributed by atoms with Crippen molar-refractivity contribution in [1.82, 2.24) is 14.9 Å². The lowest BCUT2D eigenvalue weighted by molar-refractivity contribution is -0.138. The molecular formula is C24H28Cl2F3N3O5S2. The molecule has 1 aliphatic heterocycles. The molecular weight excluding hydrogens is 602 g/mol. The summed E-state index contributed by atoms with van der Waals surface area (Å²) in [6.07, 6.45) is -2.68. The van der Waals surface area contributed by atoms with E-state index in [9.17, 15) is 34.8 Å². The summed E-state index contributed by atoms with van der Waals surface area (Å²) < 4.78 is 92.6. The van der Waals surface area contributed by atoms with Gasteiger partial charge in [0.1, 0.15) is 0 Å². The van der Waals surface area contributed by atoms with Gasteiger partial charge in [-0.15, -0.1) is 0 Å². The molecule has 1 amide bonds. The lowest BCUT2D eigenvalue weighted by Gasteiger charge is -2.33. The number of rotatable bonds is 9. The number of benzene rings is 2. The molecule has 0 aliphatic carbocycles. The fourth-order valence-electron chi connectivity index (χ4n) is 4.43. The number of piperidine rings is 1. The smallest absolute Gasteiger partial charge is 0.348 e. The van der Waals surface area contributed by atoms with Gasteiger partial charge in [-0.05, 0) is 60.8 Å². The van der Waals surface area contributed by atoms with Gasteiger partial charge in [0.2, 0.25) is 10.0 Å². The van der Waals surface area contributed by atoms with E-state index in [1.165, 1.54) is 25.1 Å². The van der Waals surface area contributed by atoms with Gasteiger partial charge < -0.3 is 5.32 Å². The summed E-state index contributed by atoms with van der Waals surface area (Å²) in [6, 6.07) is 5.46. The van der Waals surface area contributed by atoms with E-state index in [2.05, 4.69) is 10.0 Å². The van der Waals surface area contributed by atoms with Crippen molar-refractivity contribution in [2.75, 3.05) is 25.1 Å². The Morgan fingerprint density at radius 2 is 1.82 bits per heavy atom. The Hall–Kier alpha value is -1.90. The fourth-order valence-corrected chi connectivity index (χ4v) is 6.81. The summed E-state index contributed by atoms with van der Waals surface area (Å²) in [4.78, 5) is 14.5. The summed E-state index contributed by atoms with van der Waals surface area (Å²) in [5.74, 6) is -1.08. The molecule has 1 fully saturated rings. The topological polar surface area (TPSA) is 113 Å². The zero-order chi connectivity index (χ0) is 29.2. The maximum Gasteiger partial charge on any atom is 0.416 e. The molecule has 2 N–H and O–H groups in total. The van der Waals surface area contributed by atoms with Crippen molar-refractivity contribution < 1.29 is 34.8 Å². The number of nitrogens with zero attached hydrogens (tertiary/aromatic N) is 1. The molecule has 39 heavy (non-hydrogen) atoms. The quantitative estimate of drug-likeness (QED) is 0.429. The third-order valence-electron chi connectivity index (χ3n) is 6.21. The zero-order valence-electron chi connectivity index (χ0n) is 21.1. The number of hydrogen-bond acceptors (Lipinski definition) is 6. The summed E-state index contributed by atoms with van der Waals surface area (Å²) in [5.41, 5.74) is -1.48. The van der Waals surface area contributed by atoms with Crippen molar-refractivity contribution >= 4 is 49.0 Å². The standard InChI is InChI=1S/C24H28Cl2F3N3O5S2/c1-3-39(36,37)22-7-6-17(25)9-16(22)12-30-23(33)15-10-20(24(27,28)29)19(21(26)11-15)14-32-8-4-5-18(13-32)31-38(2,34)35/h6-7,9-11,18,31H,3-5,8,12-14H2,1-2H3,(H,30,33)/t18-/m0/s1. The van der Waals surface area contributed by atoms with E-state index in [1.54, 1.807) is 4.90 Å². The molecule has 1 aliphatic rings. The molecule has 0 radical (unpaired) electrons. The van der Waals surface area contributed by atoms with Crippen molar-refractivity contribution in [2.45, 2.75) is 50.0 Å². The van der Waals surface area contributed by atoms with Gasteiger partial charge in [0.15, 0.2) is 9.84 Å². The number of sulfonamides is 1. The molecule has 0 saturated carbocycles. The van der Waals surface area contributed by atoms with Crippen molar-refractivity contribution in [3.8, 4) is 0 Å². The van der Waals surface area contributed by atoms with Gasteiger partial charge in [-0.3, -0.25) is 9.69 Å². The van der Waals surface area contributed by atoms with Crippen LogP contribution in [0.3, 0.4) is 0 Å². The average Bonchev–Trinajstić information content (AvgIpc) is 2.82. The van der Waals surface area contributed by atoms with E-state index < -0.39 is 43.5 Å². The molecule has 2 aromatic rings. The number of alkyl halides is 3. The van der Waals surface area contributed by atoms with Crippen LogP contribution in [-0.4, -0.2) is 58.8 Å². The normalized spacial score (nSPS) is 17.3. The lowest BCUT2D eigenvalue weighted by atomic mass is 10.00. The molecule has 0 aromatic heterocycles. The van der Waals surface area contributed by atoms with E-state index in [-0.39, 0.29) is 57.0 Å². The Balaban J connectivity index is 1.85. The molecule has 1 heterocycles. The van der Waals surface area contributed by atoms with E-state index >= 15 is 0 Å². The number of carbonyl (C=O) groups is 1. The number of hydrogen-bond donors (Lipinski definition) is 2. The van der Waals surface area contributed by atoms with Gasteiger partial charge in [-0.25, -0.2) is 21.6 Å². The Kier molecular flexibility index (Phi) is 9.98. The second-order valence-corrected chi connectivity index (χ2v) is 14.2. The second-order valence-electron chi connectivity index (χ2n) is 9.28. The van der Waals surface area contributed by atoms with Crippen molar-refractivity contribution in [1.29, 1.82) is 0 Å². The first-order valence-electron chi connectivity index (χ1n) is 11.9. The SMILES string of the molecule is CCS(=O)(=O)c1ccc(Cl)cc1CNC(=O)c1cc(Cl)c(CN2CCC[C@H](NS(C)(=O)=O)C2)c(C(F)(F)F)c1. The summed E-state index contributed by atoms with van der Waals surface area (Å²) in [7, 11) is -7.13. The van der Waals surface area contributed by atoms with Gasteiger partial charge in [0, 0.05) is 41.3 Å². The molecule has 8 nitrogen and oxygen atoms in total. The van der Waals surface area contributed by atoms with Crippen LogP contribution in [0, 0.1) is 0 Å². The minimum Gasteiger partial charge on any atom is -0.348 e. The first-order chi connectivity index (χ1) is 18.0. The van der Waals surface area contributed by atoms with Gasteiger partial charge in [0.25, 0.3) is 5.91 Å². The maximum atomic E-state index is 14.1. The van der Waals surface area contributed by atoms with Crippen LogP contribution in [0.25, 0.3) is 0 Å². The number of halogens is 5. The molecule has 0 spiro atoms. The number of amides is 1. The average molecular weight is 631 g/mol. The van der Waals surface area contributed by atoms with Crippen LogP contribution in [0.2, 0.25) is 10.0 Å². The largest absolute Gasteiger partial charge is 0.416 e. The highest BCUT2D eigenvalue weighted by Gasteiger charge is 2.36. The third kappa shape index (κ3) is 8.54. The van der Waals surface area contributed by atoms with E-state index in [0.29, 0.717) is 25.5 Å². The van der Waals surface area contributed by atoms with Crippen LogP contribution < -0.4 is 10.0 Å². The number of sulfone groups is 1. The molecule has 3 rings (SSSR count). The van der Waals surface area contributed by atoms with Crippen molar-refractivity contribution in [2.24, 2.45) is 0 Å². The highest BCUT2D eigenvalue weighted by Crippen LogP contribution is 2.37. The first kappa shape index (κ1) is 31.6. The lowest BCUT2D eigenvalue weighted by Crippen LogP contribution is -2.47. The summed E-state index contributed by atoms with van der Waals surface area (Å²) in [5, 5.41) is 2.41. The summed E-state index contributed by atoms with van der Waals surface area (Å²) in [6.45, 7) is 1.61. The van der Waals surface area contributed by atoms with Gasteiger partial charge in [-0.2, -0.15) is 13.2 Å². The Morgan fingerprint density at radius 3 is 2.44 bits per heavy atom. The van der Waals surface area contributed by atoms with Crippen LogP contribution >= 0.6 is 23.2 Å². The molecule has 15 heteroatoms. The number of carbonyl (C=O) groups excluding carboxylic acids is 1. The molecule has 1 atom stereocenters. The molecule has 0 unspecified atom stereocenters. The summed E-state index contributed by atoms with van der Waals surface area (Å²) >= 11 is 12.3. The first-order valence-corrected chi connectivity index (χ1v) is 16.2. The Labute approximate surface area is 235 Å². The minimum absolute atomic E-state index is 0.0377.